The van der Waals surface area contributed by atoms with E-state index in [1.807, 2.05) is 12.1 Å². The third-order valence-corrected chi connectivity index (χ3v) is 5.17. The zero-order valence-corrected chi connectivity index (χ0v) is 15.1. The van der Waals surface area contributed by atoms with Gasteiger partial charge >= 0.3 is 0 Å². The molecular weight excluding hydrogens is 344 g/mol. The van der Waals surface area contributed by atoms with Crippen molar-refractivity contribution in [3.63, 3.8) is 0 Å². The van der Waals surface area contributed by atoms with Crippen LogP contribution in [0.2, 0.25) is 0 Å². The van der Waals surface area contributed by atoms with Crippen molar-refractivity contribution in [2.75, 3.05) is 6.54 Å². The number of nitrogens with zero attached hydrogens (tertiary/aromatic N) is 3. The van der Waals surface area contributed by atoms with Crippen LogP contribution in [0.15, 0.2) is 36.8 Å². The van der Waals surface area contributed by atoms with E-state index in [0.717, 1.165) is 29.9 Å². The van der Waals surface area contributed by atoms with Gasteiger partial charge in [0.15, 0.2) is 0 Å². The Morgan fingerprint density at radius 1 is 1.26 bits per heavy atom. The average molecular weight is 366 g/mol. The quantitative estimate of drug-likeness (QED) is 0.564. The van der Waals surface area contributed by atoms with Crippen molar-refractivity contribution in [1.82, 2.24) is 19.9 Å². The highest BCUT2D eigenvalue weighted by atomic mass is 16.3. The number of fused-ring (bicyclic) bond motifs is 1. The number of aromatic amines is 1. The molecule has 0 aliphatic carbocycles. The minimum absolute atomic E-state index is 0.115. The van der Waals surface area contributed by atoms with Crippen LogP contribution in [0.5, 0.6) is 11.5 Å². The van der Waals surface area contributed by atoms with Crippen molar-refractivity contribution in [2.24, 2.45) is 0 Å². The number of H-pyrrole nitrogens is 1. The monoisotopic (exact) mass is 366 g/mol. The Bertz CT molecular complexity index is 970. The molecule has 1 atom stereocenters. The van der Waals surface area contributed by atoms with Gasteiger partial charge in [-0.15, -0.1) is 0 Å². The minimum atomic E-state index is -0.186. The summed E-state index contributed by atoms with van der Waals surface area (Å²) in [6, 6.07) is 7.00. The fourth-order valence-electron chi connectivity index (χ4n) is 3.76. The molecule has 3 heterocycles. The van der Waals surface area contributed by atoms with Crippen LogP contribution in [0, 0.1) is 6.92 Å². The molecule has 0 saturated heterocycles. The number of phenolic OH excluding ortho intramolecular Hbond substituents is 1. The maximum Gasteiger partial charge on any atom is 0.141 e. The van der Waals surface area contributed by atoms with E-state index in [0.29, 0.717) is 23.4 Å². The van der Waals surface area contributed by atoms with Gasteiger partial charge in [0.25, 0.3) is 0 Å². The highest BCUT2D eigenvalue weighted by Crippen LogP contribution is 2.37. The molecule has 4 N–H and O–H groups in total. The predicted molar refractivity (Wildman–Crippen MR) is 99.2 cm³/mol. The van der Waals surface area contributed by atoms with Crippen LogP contribution in [0.4, 0.5) is 0 Å². The van der Waals surface area contributed by atoms with Gasteiger partial charge in [-0.1, -0.05) is 12.1 Å². The van der Waals surface area contributed by atoms with Gasteiger partial charge in [0.05, 0.1) is 30.4 Å². The summed E-state index contributed by atoms with van der Waals surface area (Å²) < 4.78 is 0. The number of benzene rings is 1. The lowest BCUT2D eigenvalue weighted by molar-refractivity contribution is 0.194. The van der Waals surface area contributed by atoms with Gasteiger partial charge in [-0.3, -0.25) is 9.88 Å². The zero-order valence-electron chi connectivity index (χ0n) is 15.1. The second kappa shape index (κ2) is 7.02. The third kappa shape index (κ3) is 3.15. The molecule has 0 radical (unpaired) electrons. The van der Waals surface area contributed by atoms with Crippen molar-refractivity contribution in [1.29, 1.82) is 0 Å². The van der Waals surface area contributed by atoms with Gasteiger partial charge in [-0.05, 0) is 24.6 Å². The molecule has 1 aliphatic rings. The van der Waals surface area contributed by atoms with E-state index in [4.69, 9.17) is 0 Å². The van der Waals surface area contributed by atoms with Gasteiger partial charge in [0, 0.05) is 42.5 Å². The SMILES string of the molecule is Cc1ncc(CO)c(CN2CCc3[nH]cnc3[C@H]2c2cccc(O)c2)c1O. The topological polar surface area (TPSA) is 106 Å². The standard InChI is InChI=1S/C20H22N4O3/c1-12-20(27)16(14(10-25)8-21-12)9-24-6-5-17-18(23-11-22-17)19(24)13-3-2-4-15(26)7-13/h2-4,7-8,11,19,25-27H,5-6,9-10H2,1H3,(H,22,23)/t19-/m1/s1. The molecule has 0 fully saturated rings. The van der Waals surface area contributed by atoms with E-state index in [2.05, 4.69) is 19.9 Å². The summed E-state index contributed by atoms with van der Waals surface area (Å²) >= 11 is 0. The molecular formula is C20H22N4O3. The van der Waals surface area contributed by atoms with Crippen molar-refractivity contribution in [3.05, 3.63) is 70.6 Å². The molecule has 0 unspecified atom stereocenters. The average Bonchev–Trinajstić information content (AvgIpc) is 3.14. The molecule has 1 aromatic carbocycles. The fourth-order valence-corrected chi connectivity index (χ4v) is 3.76. The van der Waals surface area contributed by atoms with Crippen molar-refractivity contribution < 1.29 is 15.3 Å². The summed E-state index contributed by atoms with van der Waals surface area (Å²) in [6.45, 7) is 2.75. The smallest absolute Gasteiger partial charge is 0.141 e. The molecule has 4 rings (SSSR count). The van der Waals surface area contributed by atoms with Crippen molar-refractivity contribution in [2.45, 2.75) is 32.5 Å². The number of aromatic nitrogens is 3. The highest BCUT2D eigenvalue weighted by Gasteiger charge is 2.32. The molecule has 7 heteroatoms. The van der Waals surface area contributed by atoms with E-state index in [9.17, 15) is 15.3 Å². The van der Waals surface area contributed by atoms with Crippen molar-refractivity contribution in [3.8, 4) is 11.5 Å². The summed E-state index contributed by atoms with van der Waals surface area (Å²) in [7, 11) is 0. The molecule has 1 aliphatic heterocycles. The van der Waals surface area contributed by atoms with E-state index in [-0.39, 0.29) is 24.1 Å². The minimum Gasteiger partial charge on any atom is -0.508 e. The van der Waals surface area contributed by atoms with Crippen LogP contribution in [0.1, 0.15) is 39.8 Å². The van der Waals surface area contributed by atoms with Crippen LogP contribution < -0.4 is 0 Å². The normalized spacial score (nSPS) is 17.0. The lowest BCUT2D eigenvalue weighted by Gasteiger charge is -2.35. The molecule has 0 spiro atoms. The molecule has 140 valence electrons. The second-order valence-electron chi connectivity index (χ2n) is 6.84. The third-order valence-electron chi connectivity index (χ3n) is 5.17. The number of aryl methyl sites for hydroxylation is 1. The van der Waals surface area contributed by atoms with Gasteiger partial charge in [0.1, 0.15) is 11.5 Å². The molecule has 7 nitrogen and oxygen atoms in total. The highest BCUT2D eigenvalue weighted by molar-refractivity contribution is 5.42. The number of hydrogen-bond donors (Lipinski definition) is 4. The molecule has 27 heavy (non-hydrogen) atoms. The van der Waals surface area contributed by atoms with Gasteiger partial charge in [-0.25, -0.2) is 4.98 Å². The van der Waals surface area contributed by atoms with Crippen LogP contribution in [0.25, 0.3) is 0 Å². The Morgan fingerprint density at radius 3 is 2.89 bits per heavy atom. The summed E-state index contributed by atoms with van der Waals surface area (Å²) in [5.74, 6) is 0.317. The number of nitrogens with one attached hydrogen (secondary N) is 1. The second-order valence-corrected chi connectivity index (χ2v) is 6.84. The Labute approximate surface area is 157 Å². The molecule has 3 aromatic rings. The summed E-state index contributed by atoms with van der Waals surface area (Å²) in [4.78, 5) is 14.1. The number of imidazole rings is 1. The van der Waals surface area contributed by atoms with E-state index in [1.54, 1.807) is 31.6 Å². The number of aliphatic hydroxyl groups is 1. The Balaban J connectivity index is 1.77. The Hall–Kier alpha value is -2.90. The predicted octanol–water partition coefficient (Wildman–Crippen LogP) is 2.16. The molecule has 2 aromatic heterocycles. The first-order chi connectivity index (χ1) is 13.1. The van der Waals surface area contributed by atoms with E-state index < -0.39 is 0 Å². The molecule has 0 amide bonds. The fraction of sp³-hybridized carbons (Fsp3) is 0.300. The summed E-state index contributed by atoms with van der Waals surface area (Å²) in [6.07, 6.45) is 4.11. The maximum absolute atomic E-state index is 10.5. The Morgan fingerprint density at radius 2 is 2.11 bits per heavy atom. The van der Waals surface area contributed by atoms with E-state index in [1.165, 1.54) is 0 Å². The lowest BCUT2D eigenvalue weighted by atomic mass is 9.94. The number of rotatable bonds is 4. The summed E-state index contributed by atoms with van der Waals surface area (Å²) in [5, 5.41) is 30.2. The van der Waals surface area contributed by atoms with Crippen molar-refractivity contribution >= 4 is 0 Å². The molecule has 0 bridgehead atoms. The first-order valence-corrected chi connectivity index (χ1v) is 8.90. The number of aromatic hydroxyl groups is 2. The van der Waals surface area contributed by atoms with Crippen LogP contribution in [0.3, 0.4) is 0 Å². The van der Waals surface area contributed by atoms with Gasteiger partial charge < -0.3 is 20.3 Å². The number of pyridine rings is 1. The van der Waals surface area contributed by atoms with Gasteiger partial charge in [0.2, 0.25) is 0 Å². The van der Waals surface area contributed by atoms with E-state index >= 15 is 0 Å². The molecule has 0 saturated carbocycles. The number of phenols is 1. The lowest BCUT2D eigenvalue weighted by Crippen LogP contribution is -2.36. The van der Waals surface area contributed by atoms with Crippen LogP contribution >= 0.6 is 0 Å². The summed E-state index contributed by atoms with van der Waals surface area (Å²) in [5.41, 5.74) is 4.75. The number of hydrogen-bond acceptors (Lipinski definition) is 6. The maximum atomic E-state index is 10.5. The first-order valence-electron chi connectivity index (χ1n) is 8.90. The van der Waals surface area contributed by atoms with Gasteiger partial charge in [-0.2, -0.15) is 0 Å². The zero-order chi connectivity index (χ0) is 19.0. The number of aliphatic hydroxyl groups excluding tert-OH is 1. The largest absolute Gasteiger partial charge is 0.508 e. The Kier molecular flexibility index (Phi) is 4.55. The van der Waals surface area contributed by atoms with Crippen LogP contribution in [-0.4, -0.2) is 41.7 Å². The van der Waals surface area contributed by atoms with Crippen LogP contribution in [-0.2, 0) is 19.6 Å². The first kappa shape index (κ1) is 17.5.